The van der Waals surface area contributed by atoms with Gasteiger partial charge in [-0.25, -0.2) is 4.98 Å². The summed E-state index contributed by atoms with van der Waals surface area (Å²) in [6.45, 7) is 7.94. The minimum absolute atomic E-state index is 0.518. The van der Waals surface area contributed by atoms with E-state index in [4.69, 9.17) is 9.72 Å². The lowest BCUT2D eigenvalue weighted by molar-refractivity contribution is 0.181. The number of nitrogens with zero attached hydrogens (tertiary/aromatic N) is 1. The van der Waals surface area contributed by atoms with E-state index in [1.54, 1.807) is 18.4 Å². The third-order valence-electron chi connectivity index (χ3n) is 3.55. The summed E-state index contributed by atoms with van der Waals surface area (Å²) in [7, 11) is 1.72. The molecule has 3 nitrogen and oxygen atoms in total. The van der Waals surface area contributed by atoms with E-state index in [0.29, 0.717) is 12.6 Å². The highest BCUT2D eigenvalue weighted by Crippen LogP contribution is 2.29. The Morgan fingerprint density at radius 2 is 2.19 bits per heavy atom. The van der Waals surface area contributed by atoms with Crippen molar-refractivity contribution in [2.45, 2.75) is 46.4 Å². The largest absolute Gasteiger partial charge is 0.378 e. The highest BCUT2D eigenvalue weighted by Gasteiger charge is 2.13. The van der Waals surface area contributed by atoms with Crippen LogP contribution in [0.15, 0.2) is 24.3 Å². The molecular weight excluding hydrogens is 280 g/mol. The molecule has 0 bridgehead atoms. The molecule has 1 atom stereocenters. The number of methoxy groups -OCH3 is 1. The van der Waals surface area contributed by atoms with Gasteiger partial charge in [0.25, 0.3) is 0 Å². The number of rotatable bonds is 7. The summed E-state index contributed by atoms with van der Waals surface area (Å²) in [5.74, 6) is 0. The Kier molecular flexibility index (Phi) is 5.91. The van der Waals surface area contributed by atoms with E-state index in [0.717, 1.165) is 23.7 Å². The van der Waals surface area contributed by atoms with Crippen LogP contribution in [0.3, 0.4) is 0 Å². The molecule has 0 saturated carbocycles. The molecule has 1 aromatic carbocycles. The molecule has 1 heterocycles. The lowest BCUT2D eigenvalue weighted by Crippen LogP contribution is -2.24. The Labute approximate surface area is 131 Å². The van der Waals surface area contributed by atoms with E-state index in [-0.39, 0.29) is 0 Å². The highest BCUT2D eigenvalue weighted by atomic mass is 32.1. The van der Waals surface area contributed by atoms with Crippen LogP contribution in [0, 0.1) is 6.92 Å². The number of aryl methyl sites for hydroxylation is 1. The summed E-state index contributed by atoms with van der Waals surface area (Å²) in [5.41, 5.74) is 3.50. The molecule has 1 N–H and O–H groups in total. The number of hydrogen-bond acceptors (Lipinski definition) is 4. The first-order valence-electron chi connectivity index (χ1n) is 7.42. The molecule has 0 spiro atoms. The molecule has 1 aromatic heterocycles. The molecule has 1 unspecified atom stereocenters. The molecule has 21 heavy (non-hydrogen) atoms. The van der Waals surface area contributed by atoms with Crippen LogP contribution < -0.4 is 5.32 Å². The fourth-order valence-corrected chi connectivity index (χ4v) is 3.10. The normalized spacial score (nSPS) is 12.6. The zero-order valence-corrected chi connectivity index (χ0v) is 14.1. The first kappa shape index (κ1) is 16.1. The number of nitrogens with one attached hydrogen (secondary N) is 1. The Hall–Kier alpha value is -1.23. The van der Waals surface area contributed by atoms with Crippen molar-refractivity contribution < 1.29 is 4.74 Å². The molecule has 4 heteroatoms. The number of aromatic nitrogens is 1. The predicted octanol–water partition coefficient (Wildman–Crippen LogP) is 4.15. The summed E-state index contributed by atoms with van der Waals surface area (Å²) in [6, 6.07) is 9.01. The van der Waals surface area contributed by atoms with Gasteiger partial charge in [0.05, 0.1) is 12.3 Å². The average molecular weight is 304 g/mol. The van der Waals surface area contributed by atoms with Gasteiger partial charge < -0.3 is 10.1 Å². The van der Waals surface area contributed by atoms with Gasteiger partial charge in [0.2, 0.25) is 0 Å². The van der Waals surface area contributed by atoms with Crippen LogP contribution in [-0.2, 0) is 17.9 Å². The molecule has 114 valence electrons. The number of benzene rings is 1. The summed E-state index contributed by atoms with van der Waals surface area (Å²) < 4.78 is 5.29. The minimum Gasteiger partial charge on any atom is -0.378 e. The summed E-state index contributed by atoms with van der Waals surface area (Å²) in [6.07, 6.45) is 1.13. The molecule has 0 aliphatic carbocycles. The number of thiazole rings is 1. The molecule has 0 radical (unpaired) electrons. The van der Waals surface area contributed by atoms with Gasteiger partial charge in [-0.15, -0.1) is 11.3 Å². The van der Waals surface area contributed by atoms with Gasteiger partial charge in [-0.2, -0.15) is 0 Å². The minimum atomic E-state index is 0.518. The topological polar surface area (TPSA) is 34.2 Å². The zero-order chi connectivity index (χ0) is 15.2. The van der Waals surface area contributed by atoms with Gasteiger partial charge in [0, 0.05) is 30.1 Å². The maximum absolute atomic E-state index is 5.29. The number of hydrogen-bond donors (Lipinski definition) is 1. The van der Waals surface area contributed by atoms with Crippen molar-refractivity contribution in [2.24, 2.45) is 0 Å². The second kappa shape index (κ2) is 7.69. The fraction of sp³-hybridized carbons (Fsp3) is 0.471. The molecule has 2 aromatic rings. The van der Waals surface area contributed by atoms with Crippen LogP contribution in [0.4, 0.5) is 0 Å². The van der Waals surface area contributed by atoms with E-state index in [1.165, 1.54) is 16.0 Å². The maximum atomic E-state index is 5.29. The van der Waals surface area contributed by atoms with Crippen LogP contribution in [0.5, 0.6) is 0 Å². The van der Waals surface area contributed by atoms with Gasteiger partial charge in [-0.3, -0.25) is 0 Å². The maximum Gasteiger partial charge on any atom is 0.124 e. The van der Waals surface area contributed by atoms with E-state index in [1.807, 2.05) is 0 Å². The SMILES string of the molecule is CCC(C)NCc1sc(-c2cccc(C)c2)nc1COC. The molecule has 0 amide bonds. The predicted molar refractivity (Wildman–Crippen MR) is 89.6 cm³/mol. The van der Waals surface area contributed by atoms with Crippen LogP contribution in [0.1, 0.15) is 36.4 Å². The summed E-state index contributed by atoms with van der Waals surface area (Å²) in [5, 5.41) is 4.61. The Morgan fingerprint density at radius 1 is 1.38 bits per heavy atom. The van der Waals surface area contributed by atoms with Crippen molar-refractivity contribution in [1.82, 2.24) is 10.3 Å². The van der Waals surface area contributed by atoms with Crippen LogP contribution in [0.25, 0.3) is 10.6 Å². The van der Waals surface area contributed by atoms with Crippen molar-refractivity contribution in [2.75, 3.05) is 7.11 Å². The average Bonchev–Trinajstić information content (AvgIpc) is 2.88. The highest BCUT2D eigenvalue weighted by molar-refractivity contribution is 7.15. The van der Waals surface area contributed by atoms with Gasteiger partial charge in [-0.05, 0) is 26.3 Å². The van der Waals surface area contributed by atoms with Gasteiger partial charge >= 0.3 is 0 Å². The van der Waals surface area contributed by atoms with E-state index in [2.05, 4.69) is 50.4 Å². The lowest BCUT2D eigenvalue weighted by atomic mass is 10.1. The van der Waals surface area contributed by atoms with Crippen molar-refractivity contribution >= 4 is 11.3 Å². The van der Waals surface area contributed by atoms with Gasteiger partial charge in [0.1, 0.15) is 5.01 Å². The van der Waals surface area contributed by atoms with Crippen molar-refractivity contribution in [3.63, 3.8) is 0 Å². The Bertz CT molecular complexity index is 580. The fourth-order valence-electron chi connectivity index (χ4n) is 2.08. The third-order valence-corrected chi connectivity index (χ3v) is 4.69. The smallest absolute Gasteiger partial charge is 0.124 e. The van der Waals surface area contributed by atoms with Crippen LogP contribution in [-0.4, -0.2) is 18.1 Å². The van der Waals surface area contributed by atoms with Crippen LogP contribution in [0.2, 0.25) is 0 Å². The summed E-state index contributed by atoms with van der Waals surface area (Å²) in [4.78, 5) is 6.04. The molecular formula is C17H24N2OS. The van der Waals surface area contributed by atoms with Crippen LogP contribution >= 0.6 is 11.3 Å². The monoisotopic (exact) mass is 304 g/mol. The molecule has 0 aliphatic rings. The van der Waals surface area contributed by atoms with E-state index < -0.39 is 0 Å². The van der Waals surface area contributed by atoms with E-state index >= 15 is 0 Å². The molecule has 0 fully saturated rings. The van der Waals surface area contributed by atoms with Crippen molar-refractivity contribution in [3.8, 4) is 10.6 Å². The van der Waals surface area contributed by atoms with E-state index in [9.17, 15) is 0 Å². The molecule has 2 rings (SSSR count). The van der Waals surface area contributed by atoms with Gasteiger partial charge in [-0.1, -0.05) is 30.7 Å². The standard InChI is InChI=1S/C17H24N2OS/c1-5-13(3)18-10-16-15(11-20-4)19-17(21-16)14-8-6-7-12(2)9-14/h6-9,13,18H,5,10-11H2,1-4H3. The first-order valence-corrected chi connectivity index (χ1v) is 8.23. The first-order chi connectivity index (χ1) is 10.1. The quantitative estimate of drug-likeness (QED) is 0.834. The van der Waals surface area contributed by atoms with Gasteiger partial charge in [0.15, 0.2) is 0 Å². The Balaban J connectivity index is 2.23. The summed E-state index contributed by atoms with van der Waals surface area (Å²) >= 11 is 1.76. The second-order valence-corrected chi connectivity index (χ2v) is 6.47. The lowest BCUT2D eigenvalue weighted by Gasteiger charge is -2.10. The third kappa shape index (κ3) is 4.37. The second-order valence-electron chi connectivity index (χ2n) is 5.38. The zero-order valence-electron chi connectivity index (χ0n) is 13.3. The number of ether oxygens (including phenoxy) is 1. The Morgan fingerprint density at radius 3 is 2.86 bits per heavy atom. The molecule has 0 saturated heterocycles. The molecule has 0 aliphatic heterocycles. The van der Waals surface area contributed by atoms with Crippen molar-refractivity contribution in [1.29, 1.82) is 0 Å². The van der Waals surface area contributed by atoms with Crippen molar-refractivity contribution in [3.05, 3.63) is 40.4 Å².